The molecule has 3 aromatic rings. The second kappa shape index (κ2) is 2.08. The predicted molar refractivity (Wildman–Crippen MR) is 49.4 cm³/mol. The predicted octanol–water partition coefficient (Wildman–Crippen LogP) is 3.04. The van der Waals surface area contributed by atoms with Gasteiger partial charge in [0.1, 0.15) is 0 Å². The molecule has 0 bridgehead atoms. The summed E-state index contributed by atoms with van der Waals surface area (Å²) in [6.07, 6.45) is 3.50. The molecule has 12 heavy (non-hydrogen) atoms. The van der Waals surface area contributed by atoms with E-state index < -0.39 is 0 Å². The Bertz CT molecular complexity index is 446. The average Bonchev–Trinajstić information content (AvgIpc) is 2.64. The van der Waals surface area contributed by atoms with Gasteiger partial charge in [0.2, 0.25) is 0 Å². The van der Waals surface area contributed by atoms with Crippen molar-refractivity contribution in [3.8, 4) is 0 Å². The number of furan rings is 1. The SMILES string of the molecule is c1nc2cc3cocc3cc2s1. The van der Waals surface area contributed by atoms with Crippen molar-refractivity contribution < 1.29 is 4.42 Å². The van der Waals surface area contributed by atoms with Crippen molar-refractivity contribution in [3.63, 3.8) is 0 Å². The van der Waals surface area contributed by atoms with Crippen LogP contribution in [-0.4, -0.2) is 4.98 Å². The quantitative estimate of drug-likeness (QED) is 0.525. The van der Waals surface area contributed by atoms with E-state index in [1.54, 1.807) is 23.9 Å². The molecule has 58 valence electrons. The summed E-state index contributed by atoms with van der Waals surface area (Å²) in [4.78, 5) is 4.23. The molecule has 0 saturated carbocycles. The molecule has 0 amide bonds. The Labute approximate surface area is 72.4 Å². The summed E-state index contributed by atoms with van der Waals surface area (Å²) in [7, 11) is 0. The zero-order chi connectivity index (χ0) is 7.97. The minimum absolute atomic E-state index is 1.05. The minimum atomic E-state index is 1.05. The lowest BCUT2D eigenvalue weighted by Gasteiger charge is -1.86. The van der Waals surface area contributed by atoms with Crippen molar-refractivity contribution in [2.75, 3.05) is 0 Å². The normalized spacial score (nSPS) is 11.3. The van der Waals surface area contributed by atoms with Crippen LogP contribution in [0, 0.1) is 0 Å². The highest BCUT2D eigenvalue weighted by Crippen LogP contribution is 2.25. The second-order valence-corrected chi connectivity index (χ2v) is 3.56. The Morgan fingerprint density at radius 3 is 2.92 bits per heavy atom. The molecule has 0 atom stereocenters. The molecule has 0 aliphatic heterocycles. The van der Waals surface area contributed by atoms with Gasteiger partial charge in [0.05, 0.1) is 28.3 Å². The summed E-state index contributed by atoms with van der Waals surface area (Å²) in [5, 5.41) is 2.26. The van der Waals surface area contributed by atoms with Gasteiger partial charge in [-0.25, -0.2) is 4.98 Å². The molecule has 0 spiro atoms. The van der Waals surface area contributed by atoms with Gasteiger partial charge in [-0.15, -0.1) is 11.3 Å². The van der Waals surface area contributed by atoms with Crippen LogP contribution in [0.3, 0.4) is 0 Å². The summed E-state index contributed by atoms with van der Waals surface area (Å²) in [6, 6.07) is 4.15. The monoisotopic (exact) mass is 175 g/mol. The molecule has 2 aromatic heterocycles. The Hall–Kier alpha value is -1.35. The smallest absolute Gasteiger partial charge is 0.0982 e. The number of aromatic nitrogens is 1. The summed E-state index contributed by atoms with van der Waals surface area (Å²) in [6.45, 7) is 0. The standard InChI is InChI=1S/C9H5NOS/c1-6-3-11-4-7(6)2-9-8(1)10-5-12-9/h1-5H. The van der Waals surface area contributed by atoms with Crippen LogP contribution in [0.2, 0.25) is 0 Å². The number of benzene rings is 1. The van der Waals surface area contributed by atoms with Crippen LogP contribution in [0.4, 0.5) is 0 Å². The lowest BCUT2D eigenvalue weighted by atomic mass is 10.2. The molecule has 1 aromatic carbocycles. The number of fused-ring (bicyclic) bond motifs is 2. The Balaban J connectivity index is 2.62. The molecule has 0 aliphatic rings. The van der Waals surface area contributed by atoms with Gasteiger partial charge in [-0.2, -0.15) is 0 Å². The van der Waals surface area contributed by atoms with E-state index in [4.69, 9.17) is 4.42 Å². The van der Waals surface area contributed by atoms with Gasteiger partial charge in [-0.3, -0.25) is 0 Å². The largest absolute Gasteiger partial charge is 0.471 e. The van der Waals surface area contributed by atoms with Crippen LogP contribution in [0.1, 0.15) is 0 Å². The van der Waals surface area contributed by atoms with Crippen molar-refractivity contribution in [1.29, 1.82) is 0 Å². The van der Waals surface area contributed by atoms with Crippen LogP contribution in [0.15, 0.2) is 34.6 Å². The molecule has 0 fully saturated rings. The third-order valence-electron chi connectivity index (χ3n) is 1.93. The van der Waals surface area contributed by atoms with Crippen LogP contribution < -0.4 is 0 Å². The highest BCUT2D eigenvalue weighted by molar-refractivity contribution is 7.16. The fourth-order valence-electron chi connectivity index (χ4n) is 1.32. The average molecular weight is 175 g/mol. The van der Waals surface area contributed by atoms with Crippen LogP contribution in [0.5, 0.6) is 0 Å². The van der Waals surface area contributed by atoms with E-state index >= 15 is 0 Å². The van der Waals surface area contributed by atoms with Gasteiger partial charge < -0.3 is 4.42 Å². The zero-order valence-electron chi connectivity index (χ0n) is 6.15. The van der Waals surface area contributed by atoms with Crippen molar-refractivity contribution in [3.05, 3.63) is 30.2 Å². The summed E-state index contributed by atoms with van der Waals surface area (Å²) in [5.41, 5.74) is 2.91. The molecule has 0 saturated heterocycles. The maximum absolute atomic E-state index is 5.08. The van der Waals surface area contributed by atoms with E-state index in [2.05, 4.69) is 11.1 Å². The zero-order valence-corrected chi connectivity index (χ0v) is 6.97. The fraction of sp³-hybridized carbons (Fsp3) is 0. The molecule has 3 heteroatoms. The molecule has 3 rings (SSSR count). The van der Waals surface area contributed by atoms with Gasteiger partial charge in [-0.05, 0) is 12.1 Å². The molecule has 2 nitrogen and oxygen atoms in total. The highest BCUT2D eigenvalue weighted by Gasteiger charge is 2.00. The van der Waals surface area contributed by atoms with Gasteiger partial charge in [0, 0.05) is 10.8 Å². The number of nitrogens with zero attached hydrogens (tertiary/aromatic N) is 1. The van der Waals surface area contributed by atoms with Gasteiger partial charge in [-0.1, -0.05) is 0 Å². The van der Waals surface area contributed by atoms with E-state index in [0.29, 0.717) is 0 Å². The summed E-state index contributed by atoms with van der Waals surface area (Å²) >= 11 is 1.65. The second-order valence-electron chi connectivity index (χ2n) is 2.67. The lowest BCUT2D eigenvalue weighted by molar-refractivity contribution is 0.572. The van der Waals surface area contributed by atoms with E-state index in [1.807, 2.05) is 11.6 Å². The molecule has 2 heterocycles. The summed E-state index contributed by atoms with van der Waals surface area (Å²) in [5.74, 6) is 0. The first-order valence-electron chi connectivity index (χ1n) is 3.63. The third-order valence-corrected chi connectivity index (χ3v) is 2.72. The van der Waals surface area contributed by atoms with E-state index in [0.717, 1.165) is 16.3 Å². The van der Waals surface area contributed by atoms with Gasteiger partial charge in [0.25, 0.3) is 0 Å². The first-order valence-corrected chi connectivity index (χ1v) is 4.50. The Morgan fingerprint density at radius 2 is 2.00 bits per heavy atom. The maximum atomic E-state index is 5.08. The number of rotatable bonds is 0. The first kappa shape index (κ1) is 6.20. The van der Waals surface area contributed by atoms with Crippen LogP contribution in [-0.2, 0) is 0 Å². The Morgan fingerprint density at radius 1 is 1.17 bits per heavy atom. The fourth-order valence-corrected chi connectivity index (χ4v) is 2.03. The Kier molecular flexibility index (Phi) is 1.07. The first-order chi connectivity index (χ1) is 5.93. The number of thiazole rings is 1. The van der Waals surface area contributed by atoms with Crippen LogP contribution >= 0.6 is 11.3 Å². The highest BCUT2D eigenvalue weighted by atomic mass is 32.1. The number of hydrogen-bond donors (Lipinski definition) is 0. The third kappa shape index (κ3) is 0.713. The van der Waals surface area contributed by atoms with E-state index in [-0.39, 0.29) is 0 Å². The van der Waals surface area contributed by atoms with E-state index in [9.17, 15) is 0 Å². The van der Waals surface area contributed by atoms with Crippen molar-refractivity contribution in [2.24, 2.45) is 0 Å². The van der Waals surface area contributed by atoms with Crippen molar-refractivity contribution >= 4 is 32.3 Å². The molecular weight excluding hydrogens is 170 g/mol. The van der Waals surface area contributed by atoms with Crippen molar-refractivity contribution in [1.82, 2.24) is 4.98 Å². The number of hydrogen-bond acceptors (Lipinski definition) is 3. The molecule has 0 unspecified atom stereocenters. The minimum Gasteiger partial charge on any atom is -0.471 e. The molecular formula is C9H5NOS. The summed E-state index contributed by atoms with van der Waals surface area (Å²) < 4.78 is 6.29. The van der Waals surface area contributed by atoms with Crippen molar-refractivity contribution in [2.45, 2.75) is 0 Å². The molecule has 0 N–H and O–H groups in total. The van der Waals surface area contributed by atoms with Gasteiger partial charge >= 0.3 is 0 Å². The van der Waals surface area contributed by atoms with E-state index in [1.165, 1.54) is 4.70 Å². The van der Waals surface area contributed by atoms with Crippen LogP contribution in [0.25, 0.3) is 21.0 Å². The topological polar surface area (TPSA) is 26.0 Å². The lowest BCUT2D eigenvalue weighted by Crippen LogP contribution is -1.66. The van der Waals surface area contributed by atoms with Gasteiger partial charge in [0.15, 0.2) is 0 Å². The molecule has 0 radical (unpaired) electrons. The molecule has 0 aliphatic carbocycles. The maximum Gasteiger partial charge on any atom is 0.0982 e.